The first-order valence-electron chi connectivity index (χ1n) is 11.5. The van der Waals surface area contributed by atoms with E-state index in [1.807, 2.05) is 29.7 Å². The number of hydrogen-bond acceptors (Lipinski definition) is 6. The molecule has 1 saturated heterocycles. The number of carbonyl (C=O) groups excluding carboxylic acids is 1. The Balaban J connectivity index is 1.57. The second-order valence-corrected chi connectivity index (χ2v) is 9.66. The van der Waals surface area contributed by atoms with Gasteiger partial charge in [0.1, 0.15) is 10.6 Å². The largest absolute Gasteiger partial charge is 0.356 e. The maximum atomic E-state index is 12.7. The highest BCUT2D eigenvalue weighted by Gasteiger charge is 2.30. The number of hydrogen-bond donors (Lipinski definition) is 1. The van der Waals surface area contributed by atoms with Crippen molar-refractivity contribution in [3.63, 3.8) is 0 Å². The highest BCUT2D eigenvalue weighted by molar-refractivity contribution is 7.19. The zero-order valence-corrected chi connectivity index (χ0v) is 18.9. The SMILES string of the molecule is CCCNC(=O)C1CCCN(c2nc(-c3cccnc3)nc3sc4c(c23)CCCC4)C1. The molecule has 162 valence electrons. The standard InChI is InChI=1S/C24H29N5OS/c1-2-11-26-23(30)17-8-6-13-29(15-17)22-20-18-9-3-4-10-19(18)31-24(20)28-21(27-22)16-7-5-12-25-14-16/h5,7,12,14,17H,2-4,6,8-11,13,15H2,1H3,(H,26,30). The minimum Gasteiger partial charge on any atom is -0.356 e. The maximum absolute atomic E-state index is 12.7. The highest BCUT2D eigenvalue weighted by atomic mass is 32.1. The summed E-state index contributed by atoms with van der Waals surface area (Å²) in [4.78, 5) is 31.9. The van der Waals surface area contributed by atoms with Gasteiger partial charge in [-0.15, -0.1) is 11.3 Å². The molecule has 7 heteroatoms. The Kier molecular flexibility index (Phi) is 5.85. The van der Waals surface area contributed by atoms with Crippen molar-refractivity contribution in [1.29, 1.82) is 0 Å². The van der Waals surface area contributed by atoms with E-state index in [9.17, 15) is 4.79 Å². The molecule has 1 N–H and O–H groups in total. The van der Waals surface area contributed by atoms with Gasteiger partial charge in [0, 0.05) is 42.5 Å². The lowest BCUT2D eigenvalue weighted by Gasteiger charge is -2.33. The molecule has 3 aromatic heterocycles. The maximum Gasteiger partial charge on any atom is 0.224 e. The molecule has 0 bridgehead atoms. The van der Waals surface area contributed by atoms with Crippen LogP contribution in [0.5, 0.6) is 0 Å². The Morgan fingerprint density at radius 3 is 3.00 bits per heavy atom. The van der Waals surface area contributed by atoms with Crippen LogP contribution in [0.15, 0.2) is 24.5 Å². The number of carbonyl (C=O) groups is 1. The summed E-state index contributed by atoms with van der Waals surface area (Å²) in [7, 11) is 0. The predicted octanol–water partition coefficient (Wildman–Crippen LogP) is 4.37. The molecule has 1 aliphatic heterocycles. The van der Waals surface area contributed by atoms with Crippen molar-refractivity contribution in [3.8, 4) is 11.4 Å². The number of amides is 1. The number of pyridine rings is 1. The quantitative estimate of drug-likeness (QED) is 0.644. The molecule has 4 heterocycles. The minimum absolute atomic E-state index is 0.0154. The van der Waals surface area contributed by atoms with E-state index in [0.29, 0.717) is 0 Å². The molecule has 0 spiro atoms. The normalized spacial score (nSPS) is 18.7. The van der Waals surface area contributed by atoms with E-state index in [1.165, 1.54) is 28.7 Å². The number of thiophene rings is 1. The summed E-state index contributed by atoms with van der Waals surface area (Å²) in [5.41, 5.74) is 2.38. The first-order chi connectivity index (χ1) is 15.2. The van der Waals surface area contributed by atoms with E-state index >= 15 is 0 Å². The van der Waals surface area contributed by atoms with E-state index in [0.717, 1.165) is 73.8 Å². The van der Waals surface area contributed by atoms with Gasteiger partial charge >= 0.3 is 0 Å². The van der Waals surface area contributed by atoms with Gasteiger partial charge in [0.2, 0.25) is 5.91 Å². The third-order valence-corrected chi connectivity index (χ3v) is 7.54. The van der Waals surface area contributed by atoms with Crippen molar-refractivity contribution in [2.24, 2.45) is 5.92 Å². The van der Waals surface area contributed by atoms with Gasteiger partial charge in [0.25, 0.3) is 0 Å². The van der Waals surface area contributed by atoms with Crippen molar-refractivity contribution >= 4 is 33.3 Å². The van der Waals surface area contributed by atoms with Crippen molar-refractivity contribution in [2.45, 2.75) is 51.9 Å². The van der Waals surface area contributed by atoms with Crippen LogP contribution in [0.25, 0.3) is 21.6 Å². The van der Waals surface area contributed by atoms with Crippen molar-refractivity contribution in [2.75, 3.05) is 24.5 Å². The van der Waals surface area contributed by atoms with Crippen LogP contribution in [0.4, 0.5) is 5.82 Å². The summed E-state index contributed by atoms with van der Waals surface area (Å²) in [5, 5.41) is 4.31. The van der Waals surface area contributed by atoms with E-state index in [-0.39, 0.29) is 11.8 Å². The molecule has 31 heavy (non-hydrogen) atoms. The molecule has 6 nitrogen and oxygen atoms in total. The summed E-state index contributed by atoms with van der Waals surface area (Å²) in [6.45, 7) is 4.49. The number of piperidine rings is 1. The van der Waals surface area contributed by atoms with Crippen LogP contribution in [0.2, 0.25) is 0 Å². The third-order valence-electron chi connectivity index (χ3n) is 6.36. The Bertz CT molecular complexity index is 1080. The minimum atomic E-state index is 0.0154. The fourth-order valence-electron chi connectivity index (χ4n) is 4.77. The van der Waals surface area contributed by atoms with Gasteiger partial charge in [0.05, 0.1) is 11.3 Å². The smallest absolute Gasteiger partial charge is 0.224 e. The summed E-state index contributed by atoms with van der Waals surface area (Å²) in [5.74, 6) is 1.93. The molecule has 0 saturated carbocycles. The lowest BCUT2D eigenvalue weighted by molar-refractivity contribution is -0.125. The zero-order valence-electron chi connectivity index (χ0n) is 18.1. The van der Waals surface area contributed by atoms with Gasteiger partial charge in [-0.2, -0.15) is 0 Å². The van der Waals surface area contributed by atoms with Crippen LogP contribution in [0, 0.1) is 5.92 Å². The number of aromatic nitrogens is 3. The number of anilines is 1. The van der Waals surface area contributed by atoms with Crippen molar-refractivity contribution in [1.82, 2.24) is 20.3 Å². The third kappa shape index (κ3) is 4.03. The molecule has 2 aliphatic rings. The van der Waals surface area contributed by atoms with Crippen LogP contribution in [0.1, 0.15) is 49.5 Å². The highest BCUT2D eigenvalue weighted by Crippen LogP contribution is 2.41. The van der Waals surface area contributed by atoms with E-state index in [4.69, 9.17) is 9.97 Å². The Morgan fingerprint density at radius 2 is 2.16 bits per heavy atom. The zero-order chi connectivity index (χ0) is 21.2. The lowest BCUT2D eigenvalue weighted by atomic mass is 9.95. The van der Waals surface area contributed by atoms with Crippen LogP contribution in [-0.4, -0.2) is 40.5 Å². The number of rotatable bonds is 5. The molecule has 3 aromatic rings. The molecule has 0 aromatic carbocycles. The number of nitrogens with one attached hydrogen (secondary N) is 1. The molecule has 1 atom stereocenters. The Hall–Kier alpha value is -2.54. The number of fused-ring (bicyclic) bond motifs is 3. The second-order valence-electron chi connectivity index (χ2n) is 8.58. The molecule has 1 aliphatic carbocycles. The summed E-state index contributed by atoms with van der Waals surface area (Å²) in [6, 6.07) is 3.94. The Labute approximate surface area is 187 Å². The van der Waals surface area contributed by atoms with Crippen molar-refractivity contribution < 1.29 is 4.79 Å². The van der Waals surface area contributed by atoms with Crippen LogP contribution in [0.3, 0.4) is 0 Å². The molecule has 0 radical (unpaired) electrons. The fraction of sp³-hybridized carbons (Fsp3) is 0.500. The second kappa shape index (κ2) is 8.91. The fourth-order valence-corrected chi connectivity index (χ4v) is 6.02. The predicted molar refractivity (Wildman–Crippen MR) is 126 cm³/mol. The van der Waals surface area contributed by atoms with Crippen molar-refractivity contribution in [3.05, 3.63) is 35.0 Å². The molecular weight excluding hydrogens is 406 g/mol. The Morgan fingerprint density at radius 1 is 1.26 bits per heavy atom. The molecule has 1 fully saturated rings. The van der Waals surface area contributed by atoms with Crippen LogP contribution < -0.4 is 10.2 Å². The number of nitrogens with zero attached hydrogens (tertiary/aromatic N) is 4. The first kappa shape index (κ1) is 20.4. The summed E-state index contributed by atoms with van der Waals surface area (Å²) in [6.07, 6.45) is 11.2. The lowest BCUT2D eigenvalue weighted by Crippen LogP contribution is -2.43. The molecular formula is C24H29N5OS. The average molecular weight is 436 g/mol. The van der Waals surface area contributed by atoms with E-state index < -0.39 is 0 Å². The van der Waals surface area contributed by atoms with E-state index in [1.54, 1.807) is 6.20 Å². The van der Waals surface area contributed by atoms with Gasteiger partial charge in [-0.05, 0) is 62.6 Å². The average Bonchev–Trinajstić information content (AvgIpc) is 3.21. The van der Waals surface area contributed by atoms with Gasteiger partial charge < -0.3 is 10.2 Å². The van der Waals surface area contributed by atoms with Gasteiger partial charge in [-0.3, -0.25) is 9.78 Å². The summed E-state index contributed by atoms with van der Waals surface area (Å²) < 4.78 is 0. The first-order valence-corrected chi connectivity index (χ1v) is 12.3. The van der Waals surface area contributed by atoms with Gasteiger partial charge in [-0.1, -0.05) is 6.92 Å². The van der Waals surface area contributed by atoms with Crippen LogP contribution >= 0.6 is 11.3 Å². The van der Waals surface area contributed by atoms with Gasteiger partial charge in [0.15, 0.2) is 5.82 Å². The number of aryl methyl sites for hydroxylation is 2. The monoisotopic (exact) mass is 435 g/mol. The van der Waals surface area contributed by atoms with Crippen LogP contribution in [-0.2, 0) is 17.6 Å². The molecule has 5 rings (SSSR count). The molecule has 1 unspecified atom stereocenters. The van der Waals surface area contributed by atoms with E-state index in [2.05, 4.69) is 22.1 Å². The topological polar surface area (TPSA) is 71.0 Å². The molecule has 1 amide bonds. The summed E-state index contributed by atoms with van der Waals surface area (Å²) >= 11 is 1.83. The van der Waals surface area contributed by atoms with Gasteiger partial charge in [-0.25, -0.2) is 9.97 Å².